The van der Waals surface area contributed by atoms with Gasteiger partial charge >= 0.3 is 0 Å². The van der Waals surface area contributed by atoms with Crippen LogP contribution >= 0.6 is 23.2 Å². The van der Waals surface area contributed by atoms with E-state index in [1.807, 2.05) is 0 Å². The third kappa shape index (κ3) is 2.96. The molecule has 100 valence electrons. The van der Waals surface area contributed by atoms with Crippen LogP contribution in [-0.4, -0.2) is 20.8 Å². The number of benzene rings is 1. The Bertz CT molecular complexity index is 558. The summed E-state index contributed by atoms with van der Waals surface area (Å²) in [6, 6.07) is 3.24. The number of halogens is 3. The molecule has 0 amide bonds. The fourth-order valence-corrected chi connectivity index (χ4v) is 3.57. The third-order valence-corrected chi connectivity index (χ3v) is 5.51. The van der Waals surface area contributed by atoms with E-state index in [2.05, 4.69) is 4.72 Å². The van der Waals surface area contributed by atoms with Crippen molar-refractivity contribution in [1.82, 2.24) is 4.72 Å². The Labute approximate surface area is 115 Å². The largest absolute Gasteiger partial charge is 0.242 e. The van der Waals surface area contributed by atoms with Crippen LogP contribution in [0.5, 0.6) is 0 Å². The Morgan fingerprint density at radius 2 is 2.06 bits per heavy atom. The highest BCUT2D eigenvalue weighted by atomic mass is 35.5. The molecule has 0 bridgehead atoms. The molecule has 7 heteroatoms. The molecule has 0 saturated heterocycles. The lowest BCUT2D eigenvalue weighted by Crippen LogP contribution is -2.31. The van der Waals surface area contributed by atoms with Gasteiger partial charge in [-0.25, -0.2) is 17.5 Å². The molecule has 1 aliphatic rings. The molecule has 0 aliphatic heterocycles. The zero-order chi connectivity index (χ0) is 13.4. The van der Waals surface area contributed by atoms with Crippen LogP contribution in [0.2, 0.25) is 5.02 Å². The number of alkyl halides is 1. The van der Waals surface area contributed by atoms with E-state index in [0.29, 0.717) is 5.88 Å². The van der Waals surface area contributed by atoms with Gasteiger partial charge in [0.25, 0.3) is 0 Å². The molecule has 1 aromatic carbocycles. The van der Waals surface area contributed by atoms with Crippen molar-refractivity contribution in [1.29, 1.82) is 0 Å². The van der Waals surface area contributed by atoms with Crippen LogP contribution in [0.3, 0.4) is 0 Å². The lowest BCUT2D eigenvalue weighted by Gasteiger charge is -2.13. The first kappa shape index (κ1) is 14.1. The van der Waals surface area contributed by atoms with Crippen LogP contribution in [0.25, 0.3) is 0 Å². The van der Waals surface area contributed by atoms with Crippen LogP contribution in [0, 0.1) is 11.2 Å². The van der Waals surface area contributed by atoms with Gasteiger partial charge in [0.1, 0.15) is 10.7 Å². The van der Waals surface area contributed by atoms with Gasteiger partial charge < -0.3 is 0 Å². The maximum Gasteiger partial charge on any atom is 0.242 e. The fourth-order valence-electron chi connectivity index (χ4n) is 1.54. The SMILES string of the molecule is O=S(=O)(NCC1(CCl)CC1)c1cc(F)ccc1Cl. The van der Waals surface area contributed by atoms with Crippen molar-refractivity contribution in [3.05, 3.63) is 29.0 Å². The number of nitrogens with one attached hydrogen (secondary N) is 1. The first-order valence-electron chi connectivity index (χ1n) is 5.39. The topological polar surface area (TPSA) is 46.2 Å². The lowest BCUT2D eigenvalue weighted by molar-refractivity contribution is 0.533. The predicted molar refractivity (Wildman–Crippen MR) is 69.0 cm³/mol. The van der Waals surface area contributed by atoms with E-state index >= 15 is 0 Å². The molecule has 1 aromatic rings. The molecule has 0 atom stereocenters. The maximum atomic E-state index is 13.1. The molecule has 3 nitrogen and oxygen atoms in total. The van der Waals surface area contributed by atoms with E-state index in [-0.39, 0.29) is 21.9 Å². The molecule has 1 fully saturated rings. The van der Waals surface area contributed by atoms with Gasteiger partial charge in [-0.15, -0.1) is 11.6 Å². The van der Waals surface area contributed by atoms with E-state index in [1.165, 1.54) is 6.07 Å². The fraction of sp³-hybridized carbons (Fsp3) is 0.455. The molecule has 0 unspecified atom stereocenters. The molecule has 18 heavy (non-hydrogen) atoms. The van der Waals surface area contributed by atoms with Gasteiger partial charge in [-0.05, 0) is 36.5 Å². The van der Waals surface area contributed by atoms with Crippen LogP contribution in [-0.2, 0) is 10.0 Å². The molecule has 0 radical (unpaired) electrons. The average molecular weight is 312 g/mol. The van der Waals surface area contributed by atoms with Crippen molar-refractivity contribution >= 4 is 33.2 Å². The van der Waals surface area contributed by atoms with Gasteiger partial charge in [0.05, 0.1) is 5.02 Å². The summed E-state index contributed by atoms with van der Waals surface area (Å²) in [6.07, 6.45) is 1.80. The van der Waals surface area contributed by atoms with Gasteiger partial charge in [-0.2, -0.15) is 0 Å². The van der Waals surface area contributed by atoms with Crippen molar-refractivity contribution < 1.29 is 12.8 Å². The second kappa shape index (κ2) is 4.96. The normalized spacial score (nSPS) is 17.7. The van der Waals surface area contributed by atoms with Crippen LogP contribution < -0.4 is 4.72 Å². The predicted octanol–water partition coefficient (Wildman–Crippen LogP) is 2.78. The molecule has 0 aromatic heterocycles. The Morgan fingerprint density at radius 1 is 1.39 bits per heavy atom. The summed E-state index contributed by atoms with van der Waals surface area (Å²) in [4.78, 5) is -0.241. The first-order valence-corrected chi connectivity index (χ1v) is 7.79. The van der Waals surface area contributed by atoms with Crippen molar-refractivity contribution in [2.24, 2.45) is 5.41 Å². The minimum atomic E-state index is -3.80. The quantitative estimate of drug-likeness (QED) is 0.850. The van der Waals surface area contributed by atoms with Crippen LogP contribution in [0.4, 0.5) is 4.39 Å². The van der Waals surface area contributed by atoms with Crippen LogP contribution in [0.1, 0.15) is 12.8 Å². The Kier molecular flexibility index (Phi) is 3.88. The number of rotatable bonds is 5. The molecule has 2 rings (SSSR count). The van der Waals surface area contributed by atoms with Gasteiger partial charge in [0.15, 0.2) is 0 Å². The molecular formula is C11H12Cl2FNO2S. The summed E-state index contributed by atoms with van der Waals surface area (Å²) in [5.74, 6) is -0.231. The van der Waals surface area contributed by atoms with Crippen molar-refractivity contribution in [2.45, 2.75) is 17.7 Å². The number of sulfonamides is 1. The van der Waals surface area contributed by atoms with Gasteiger partial charge in [-0.3, -0.25) is 0 Å². The Hall–Kier alpha value is -0.360. The molecular weight excluding hydrogens is 300 g/mol. The smallest absolute Gasteiger partial charge is 0.211 e. The second-order valence-electron chi connectivity index (χ2n) is 4.53. The summed E-state index contributed by atoms with van der Waals surface area (Å²) >= 11 is 11.5. The van der Waals surface area contributed by atoms with E-state index in [0.717, 1.165) is 25.0 Å². The van der Waals surface area contributed by atoms with Gasteiger partial charge in [0.2, 0.25) is 10.0 Å². The second-order valence-corrected chi connectivity index (χ2v) is 6.94. The molecule has 1 N–H and O–H groups in total. The molecule has 0 spiro atoms. The monoisotopic (exact) mass is 311 g/mol. The minimum absolute atomic E-state index is 0.000351. The zero-order valence-electron chi connectivity index (χ0n) is 9.42. The molecule has 1 aliphatic carbocycles. The summed E-state index contributed by atoms with van der Waals surface area (Å²) in [6.45, 7) is 0.256. The van der Waals surface area contributed by atoms with E-state index in [1.54, 1.807) is 0 Å². The van der Waals surface area contributed by atoms with Gasteiger partial charge in [-0.1, -0.05) is 11.6 Å². The van der Waals surface area contributed by atoms with Gasteiger partial charge in [0, 0.05) is 12.4 Å². The minimum Gasteiger partial charge on any atom is -0.211 e. The number of hydrogen-bond donors (Lipinski definition) is 1. The highest BCUT2D eigenvalue weighted by Crippen LogP contribution is 2.46. The summed E-state index contributed by atoms with van der Waals surface area (Å²) < 4.78 is 39.5. The Balaban J connectivity index is 2.18. The average Bonchev–Trinajstić information content (AvgIpc) is 3.11. The van der Waals surface area contributed by atoms with Crippen LogP contribution in [0.15, 0.2) is 23.1 Å². The lowest BCUT2D eigenvalue weighted by atomic mass is 10.1. The zero-order valence-corrected chi connectivity index (χ0v) is 11.7. The third-order valence-electron chi connectivity index (χ3n) is 3.06. The highest BCUT2D eigenvalue weighted by Gasteiger charge is 2.42. The van der Waals surface area contributed by atoms with E-state index < -0.39 is 15.8 Å². The summed E-state index contributed by atoms with van der Waals surface area (Å²) in [7, 11) is -3.80. The van der Waals surface area contributed by atoms with Crippen molar-refractivity contribution in [3.63, 3.8) is 0 Å². The first-order chi connectivity index (χ1) is 8.38. The summed E-state index contributed by atoms with van der Waals surface area (Å²) in [5, 5.41) is -0.000351. The molecule has 0 heterocycles. The van der Waals surface area contributed by atoms with E-state index in [9.17, 15) is 12.8 Å². The van der Waals surface area contributed by atoms with Crippen molar-refractivity contribution in [2.75, 3.05) is 12.4 Å². The summed E-state index contributed by atoms with van der Waals surface area (Å²) in [5.41, 5.74) is -0.144. The van der Waals surface area contributed by atoms with Crippen molar-refractivity contribution in [3.8, 4) is 0 Å². The molecule has 1 saturated carbocycles. The van der Waals surface area contributed by atoms with E-state index in [4.69, 9.17) is 23.2 Å². The Morgan fingerprint density at radius 3 is 2.61 bits per heavy atom. The highest BCUT2D eigenvalue weighted by molar-refractivity contribution is 7.89. The maximum absolute atomic E-state index is 13.1. The standard InChI is InChI=1S/C11H12Cl2FNO2S/c12-6-11(3-4-11)7-15-18(16,17)10-5-8(14)1-2-9(10)13/h1-2,5,15H,3-4,6-7H2. The number of hydrogen-bond acceptors (Lipinski definition) is 2.